The van der Waals surface area contributed by atoms with Crippen molar-refractivity contribution in [3.8, 4) is 0 Å². The van der Waals surface area contributed by atoms with Crippen molar-refractivity contribution in [3.05, 3.63) is 35.2 Å². The van der Waals surface area contributed by atoms with Crippen LogP contribution in [0.1, 0.15) is 5.56 Å². The molecule has 0 N–H and O–H groups in total. The van der Waals surface area contributed by atoms with Crippen LogP contribution in [0.25, 0.3) is 10.1 Å². The van der Waals surface area contributed by atoms with Crippen LogP contribution in [0.3, 0.4) is 0 Å². The first-order chi connectivity index (χ1) is 6.77. The molecule has 2 rings (SSSR count). The molecule has 0 unspecified atom stereocenters. The Labute approximate surface area is 101 Å². The van der Waals surface area contributed by atoms with Gasteiger partial charge in [-0.25, -0.2) is 0 Å². The molecule has 1 aromatic carbocycles. The molecule has 1 aromatic heterocycles. The maximum absolute atomic E-state index is 2.29. The summed E-state index contributed by atoms with van der Waals surface area (Å²) in [7, 11) is 4.24. The molecule has 82 valence electrons. The van der Waals surface area contributed by atoms with Crippen LogP contribution < -0.4 is 0 Å². The molecule has 0 amide bonds. The van der Waals surface area contributed by atoms with E-state index in [9.17, 15) is 0 Å². The molecule has 0 spiro atoms. The number of benzene rings is 1. The second kappa shape index (κ2) is 5.50. The maximum Gasteiger partial charge on any atom is 0.0345 e. The Kier molecular flexibility index (Phi) is 4.58. The normalized spacial score (nSPS) is 10.6. The van der Waals surface area contributed by atoms with Crippen molar-refractivity contribution in [3.63, 3.8) is 0 Å². The molecule has 0 aliphatic rings. The zero-order valence-corrected chi connectivity index (χ0v) is 10.7. The molecule has 1 nitrogen and oxygen atoms in total. The van der Waals surface area contributed by atoms with Crippen LogP contribution >= 0.6 is 23.7 Å². The summed E-state index contributed by atoms with van der Waals surface area (Å²) in [6, 6.07) is 8.64. The highest BCUT2D eigenvalue weighted by Gasteiger charge is 2.02. The third-order valence-electron chi connectivity index (χ3n) is 2.39. The molecule has 0 aliphatic carbocycles. The Morgan fingerprint density at radius 1 is 1.20 bits per heavy atom. The molecule has 0 aliphatic heterocycles. The lowest BCUT2D eigenvalue weighted by Crippen LogP contribution is -2.14. The van der Waals surface area contributed by atoms with E-state index in [1.54, 1.807) is 0 Å². The third kappa shape index (κ3) is 2.94. The Morgan fingerprint density at radius 2 is 1.93 bits per heavy atom. The van der Waals surface area contributed by atoms with Gasteiger partial charge in [0.05, 0.1) is 0 Å². The second-order valence-corrected chi connectivity index (χ2v) is 4.72. The summed E-state index contributed by atoms with van der Waals surface area (Å²) in [5.41, 5.74) is 1.49. The van der Waals surface area contributed by atoms with Crippen molar-refractivity contribution in [2.75, 3.05) is 20.6 Å². The molecular weight excluding hydrogens is 226 g/mol. The summed E-state index contributed by atoms with van der Waals surface area (Å²) < 4.78 is 1.40. The number of rotatable bonds is 3. The highest BCUT2D eigenvalue weighted by molar-refractivity contribution is 7.17. The average Bonchev–Trinajstić information content (AvgIpc) is 2.58. The Bertz CT molecular complexity index is 422. The van der Waals surface area contributed by atoms with E-state index in [0.717, 1.165) is 13.0 Å². The first-order valence-electron chi connectivity index (χ1n) is 4.87. The highest BCUT2D eigenvalue weighted by atomic mass is 35.5. The summed E-state index contributed by atoms with van der Waals surface area (Å²) in [6.45, 7) is 1.13. The van der Waals surface area contributed by atoms with Crippen LogP contribution in [-0.4, -0.2) is 25.5 Å². The third-order valence-corrected chi connectivity index (χ3v) is 3.40. The van der Waals surface area contributed by atoms with Gasteiger partial charge in [0.15, 0.2) is 0 Å². The van der Waals surface area contributed by atoms with E-state index < -0.39 is 0 Å². The van der Waals surface area contributed by atoms with Crippen LogP contribution in [-0.2, 0) is 6.42 Å². The monoisotopic (exact) mass is 241 g/mol. The van der Waals surface area contributed by atoms with Crippen LogP contribution in [0.2, 0.25) is 0 Å². The highest BCUT2D eigenvalue weighted by Crippen LogP contribution is 2.25. The zero-order valence-electron chi connectivity index (χ0n) is 9.06. The van der Waals surface area contributed by atoms with E-state index >= 15 is 0 Å². The van der Waals surface area contributed by atoms with Crippen LogP contribution in [0.5, 0.6) is 0 Å². The lowest BCUT2D eigenvalue weighted by molar-refractivity contribution is 0.414. The SMILES string of the molecule is CN(C)CCc1csc2ccccc12.Cl. The Morgan fingerprint density at radius 3 is 2.67 bits per heavy atom. The zero-order chi connectivity index (χ0) is 9.97. The molecule has 3 heteroatoms. The number of halogens is 1. The van der Waals surface area contributed by atoms with E-state index in [1.165, 1.54) is 15.6 Å². The van der Waals surface area contributed by atoms with E-state index in [1.807, 2.05) is 11.3 Å². The predicted octanol–water partition coefficient (Wildman–Crippen LogP) is 3.43. The molecule has 2 aromatic rings. The summed E-state index contributed by atoms with van der Waals surface area (Å²) in [4.78, 5) is 2.23. The minimum Gasteiger partial charge on any atom is -0.309 e. The van der Waals surface area contributed by atoms with Gasteiger partial charge in [0.25, 0.3) is 0 Å². The summed E-state index contributed by atoms with van der Waals surface area (Å²) in [5, 5.41) is 3.72. The van der Waals surface area contributed by atoms with Crippen molar-refractivity contribution in [2.24, 2.45) is 0 Å². The molecule has 0 saturated carbocycles. The van der Waals surface area contributed by atoms with Gasteiger partial charge in [0, 0.05) is 11.2 Å². The summed E-state index contributed by atoms with van der Waals surface area (Å²) in [6.07, 6.45) is 1.15. The quantitative estimate of drug-likeness (QED) is 0.796. The van der Waals surface area contributed by atoms with Crippen LogP contribution in [0, 0.1) is 0 Å². The molecule has 1 heterocycles. The molecular formula is C12H16ClNS. The van der Waals surface area contributed by atoms with Gasteiger partial charge < -0.3 is 4.90 Å². The summed E-state index contributed by atoms with van der Waals surface area (Å²) in [5.74, 6) is 0. The van der Waals surface area contributed by atoms with E-state index in [-0.39, 0.29) is 12.4 Å². The number of hydrogen-bond donors (Lipinski definition) is 0. The van der Waals surface area contributed by atoms with Crippen molar-refractivity contribution < 1.29 is 0 Å². The fraction of sp³-hybridized carbons (Fsp3) is 0.333. The smallest absolute Gasteiger partial charge is 0.0345 e. The van der Waals surface area contributed by atoms with Crippen molar-refractivity contribution in [1.82, 2.24) is 4.90 Å². The minimum absolute atomic E-state index is 0. The number of likely N-dealkylation sites (N-methyl/N-ethyl adjacent to an activating group) is 1. The van der Waals surface area contributed by atoms with Gasteiger partial charge in [0.1, 0.15) is 0 Å². The number of nitrogens with zero attached hydrogens (tertiary/aromatic N) is 1. The van der Waals surface area contributed by atoms with Gasteiger partial charge in [-0.2, -0.15) is 0 Å². The molecule has 0 fully saturated rings. The largest absolute Gasteiger partial charge is 0.309 e. The fourth-order valence-electron chi connectivity index (χ4n) is 1.57. The Balaban J connectivity index is 0.00000112. The second-order valence-electron chi connectivity index (χ2n) is 3.81. The number of thiophene rings is 1. The maximum atomic E-state index is 2.29. The topological polar surface area (TPSA) is 3.24 Å². The van der Waals surface area contributed by atoms with Crippen LogP contribution in [0.15, 0.2) is 29.6 Å². The van der Waals surface area contributed by atoms with Gasteiger partial charge in [-0.3, -0.25) is 0 Å². The average molecular weight is 242 g/mol. The molecule has 0 radical (unpaired) electrons. The molecule has 0 atom stereocenters. The van der Waals surface area contributed by atoms with Crippen LogP contribution in [0.4, 0.5) is 0 Å². The first-order valence-corrected chi connectivity index (χ1v) is 5.75. The standard InChI is InChI=1S/C12H15NS.ClH/c1-13(2)8-7-10-9-14-12-6-4-3-5-11(10)12;/h3-6,9H,7-8H2,1-2H3;1H. The fourth-order valence-corrected chi connectivity index (χ4v) is 2.57. The summed E-state index contributed by atoms with van der Waals surface area (Å²) >= 11 is 1.85. The van der Waals surface area contributed by atoms with Crippen molar-refractivity contribution in [2.45, 2.75) is 6.42 Å². The minimum atomic E-state index is 0. The van der Waals surface area contributed by atoms with Crippen molar-refractivity contribution in [1.29, 1.82) is 0 Å². The first kappa shape index (κ1) is 12.5. The van der Waals surface area contributed by atoms with Crippen molar-refractivity contribution >= 4 is 33.8 Å². The number of fused-ring (bicyclic) bond motifs is 1. The van der Waals surface area contributed by atoms with Gasteiger partial charge >= 0.3 is 0 Å². The lowest BCUT2D eigenvalue weighted by Gasteiger charge is -2.07. The van der Waals surface area contributed by atoms with E-state index in [0.29, 0.717) is 0 Å². The molecule has 0 bridgehead atoms. The Hall–Kier alpha value is -0.570. The van der Waals surface area contributed by atoms with Gasteiger partial charge in [-0.05, 0) is 42.9 Å². The van der Waals surface area contributed by atoms with Gasteiger partial charge in [-0.1, -0.05) is 18.2 Å². The van der Waals surface area contributed by atoms with Gasteiger partial charge in [0.2, 0.25) is 0 Å². The van der Waals surface area contributed by atoms with E-state index in [4.69, 9.17) is 0 Å². The number of hydrogen-bond acceptors (Lipinski definition) is 2. The molecule has 0 saturated heterocycles. The predicted molar refractivity (Wildman–Crippen MR) is 71.3 cm³/mol. The van der Waals surface area contributed by atoms with E-state index in [2.05, 4.69) is 48.6 Å². The lowest BCUT2D eigenvalue weighted by atomic mass is 10.1. The molecule has 15 heavy (non-hydrogen) atoms. The van der Waals surface area contributed by atoms with Gasteiger partial charge in [-0.15, -0.1) is 23.7 Å².